The van der Waals surface area contributed by atoms with Gasteiger partial charge < -0.3 is 10.1 Å². The lowest BCUT2D eigenvalue weighted by atomic mass is 10.2. The number of anilines is 1. The van der Waals surface area contributed by atoms with Gasteiger partial charge in [0.1, 0.15) is 0 Å². The van der Waals surface area contributed by atoms with Gasteiger partial charge in [0, 0.05) is 17.2 Å². The molecule has 0 amide bonds. The second-order valence-corrected chi connectivity index (χ2v) is 5.83. The van der Waals surface area contributed by atoms with Crippen molar-refractivity contribution in [2.75, 3.05) is 12.4 Å². The summed E-state index contributed by atoms with van der Waals surface area (Å²) in [5.41, 5.74) is 2.90. The van der Waals surface area contributed by atoms with Gasteiger partial charge in [0.15, 0.2) is 0 Å². The molecule has 0 aliphatic carbocycles. The smallest absolute Gasteiger partial charge is 0.216 e. The summed E-state index contributed by atoms with van der Waals surface area (Å²) >= 11 is 8.43. The number of hydrogen-bond acceptors (Lipinski definition) is 3. The van der Waals surface area contributed by atoms with Gasteiger partial charge in [0.2, 0.25) is 5.88 Å². The molecule has 0 aliphatic heterocycles. The third-order valence-electron chi connectivity index (χ3n) is 2.87. The highest BCUT2D eigenvalue weighted by Crippen LogP contribution is 2.26. The average Bonchev–Trinajstić information content (AvgIpc) is 2.62. The SMILES string of the molecule is COc1c(CNc2ccc(I)cc2Cl)c(C)nn1C. The van der Waals surface area contributed by atoms with Crippen LogP contribution in [0, 0.1) is 10.5 Å². The molecular formula is C13H15ClIN3O. The van der Waals surface area contributed by atoms with Gasteiger partial charge in [-0.15, -0.1) is 0 Å². The molecule has 1 aromatic heterocycles. The van der Waals surface area contributed by atoms with Crippen LogP contribution in [-0.4, -0.2) is 16.9 Å². The Labute approximate surface area is 131 Å². The molecule has 102 valence electrons. The van der Waals surface area contributed by atoms with Crippen LogP contribution in [0.4, 0.5) is 5.69 Å². The Balaban J connectivity index is 2.19. The largest absolute Gasteiger partial charge is 0.481 e. The van der Waals surface area contributed by atoms with E-state index in [2.05, 4.69) is 33.0 Å². The van der Waals surface area contributed by atoms with Crippen molar-refractivity contribution in [3.63, 3.8) is 0 Å². The maximum absolute atomic E-state index is 6.20. The highest BCUT2D eigenvalue weighted by atomic mass is 127. The van der Waals surface area contributed by atoms with Gasteiger partial charge in [-0.2, -0.15) is 5.10 Å². The topological polar surface area (TPSA) is 39.1 Å². The van der Waals surface area contributed by atoms with Crippen LogP contribution in [0.3, 0.4) is 0 Å². The third-order valence-corrected chi connectivity index (χ3v) is 3.85. The van der Waals surface area contributed by atoms with Crippen molar-refractivity contribution in [1.29, 1.82) is 0 Å². The predicted molar refractivity (Wildman–Crippen MR) is 86.0 cm³/mol. The van der Waals surface area contributed by atoms with Gasteiger partial charge >= 0.3 is 0 Å². The Kier molecular flexibility index (Phi) is 4.57. The Morgan fingerprint density at radius 3 is 2.84 bits per heavy atom. The zero-order chi connectivity index (χ0) is 14.0. The molecule has 19 heavy (non-hydrogen) atoms. The zero-order valence-electron chi connectivity index (χ0n) is 11.0. The maximum atomic E-state index is 6.20. The van der Waals surface area contributed by atoms with Crippen LogP contribution < -0.4 is 10.1 Å². The lowest BCUT2D eigenvalue weighted by molar-refractivity contribution is 0.370. The van der Waals surface area contributed by atoms with E-state index in [1.54, 1.807) is 11.8 Å². The first-order chi connectivity index (χ1) is 9.02. The van der Waals surface area contributed by atoms with E-state index < -0.39 is 0 Å². The monoisotopic (exact) mass is 391 g/mol. The molecule has 0 atom stereocenters. The van der Waals surface area contributed by atoms with Gasteiger partial charge in [-0.3, -0.25) is 0 Å². The third kappa shape index (κ3) is 3.14. The van der Waals surface area contributed by atoms with Crippen molar-refractivity contribution in [1.82, 2.24) is 9.78 Å². The fraction of sp³-hybridized carbons (Fsp3) is 0.308. The first-order valence-corrected chi connectivity index (χ1v) is 7.24. The first kappa shape index (κ1) is 14.5. The molecule has 6 heteroatoms. The number of aromatic nitrogens is 2. The van der Waals surface area contributed by atoms with Crippen molar-refractivity contribution in [3.05, 3.63) is 38.0 Å². The van der Waals surface area contributed by atoms with Gasteiger partial charge in [0.25, 0.3) is 0 Å². The van der Waals surface area contributed by atoms with E-state index in [9.17, 15) is 0 Å². The number of methoxy groups -OCH3 is 1. The quantitative estimate of drug-likeness (QED) is 0.809. The normalized spacial score (nSPS) is 10.6. The standard InChI is InChI=1S/C13H15ClIN3O/c1-8-10(13(19-3)18(2)17-8)7-16-12-5-4-9(15)6-11(12)14/h4-6,16H,7H2,1-3H3. The molecule has 0 bridgehead atoms. The van der Waals surface area contributed by atoms with Crippen molar-refractivity contribution in [2.45, 2.75) is 13.5 Å². The number of rotatable bonds is 4. The molecule has 1 N–H and O–H groups in total. The van der Waals surface area contributed by atoms with E-state index in [4.69, 9.17) is 16.3 Å². The zero-order valence-corrected chi connectivity index (χ0v) is 13.9. The molecule has 2 rings (SSSR count). The molecule has 4 nitrogen and oxygen atoms in total. The molecule has 0 spiro atoms. The van der Waals surface area contributed by atoms with E-state index in [1.165, 1.54) is 0 Å². The second kappa shape index (κ2) is 6.00. The highest BCUT2D eigenvalue weighted by Gasteiger charge is 2.13. The van der Waals surface area contributed by atoms with E-state index in [0.29, 0.717) is 11.6 Å². The van der Waals surface area contributed by atoms with Crippen molar-refractivity contribution >= 4 is 39.9 Å². The number of aryl methyl sites for hydroxylation is 2. The highest BCUT2D eigenvalue weighted by molar-refractivity contribution is 14.1. The second-order valence-electron chi connectivity index (χ2n) is 4.17. The molecule has 0 fully saturated rings. The van der Waals surface area contributed by atoms with Crippen LogP contribution in [0.5, 0.6) is 5.88 Å². The predicted octanol–water partition coefficient (Wildman–Crippen LogP) is 3.61. The number of ether oxygens (including phenoxy) is 1. The summed E-state index contributed by atoms with van der Waals surface area (Å²) in [6.45, 7) is 2.60. The van der Waals surface area contributed by atoms with Crippen molar-refractivity contribution in [2.24, 2.45) is 7.05 Å². The van der Waals surface area contributed by atoms with Crippen LogP contribution in [0.1, 0.15) is 11.3 Å². The summed E-state index contributed by atoms with van der Waals surface area (Å²) < 4.78 is 8.21. The molecule has 0 radical (unpaired) electrons. The fourth-order valence-corrected chi connectivity index (χ4v) is 2.88. The van der Waals surface area contributed by atoms with Gasteiger partial charge in [-0.05, 0) is 47.7 Å². The van der Waals surface area contributed by atoms with Gasteiger partial charge in [-0.25, -0.2) is 4.68 Å². The minimum absolute atomic E-state index is 0.628. The van der Waals surface area contributed by atoms with E-state index >= 15 is 0 Å². The van der Waals surface area contributed by atoms with Crippen molar-refractivity contribution < 1.29 is 4.74 Å². The number of hydrogen-bond donors (Lipinski definition) is 1. The van der Waals surface area contributed by atoms with Crippen LogP contribution in [-0.2, 0) is 13.6 Å². The van der Waals surface area contributed by atoms with Crippen LogP contribution in [0.2, 0.25) is 5.02 Å². The Bertz CT molecular complexity index is 598. The molecule has 0 saturated heterocycles. The Hall–Kier alpha value is -0.950. The van der Waals surface area contributed by atoms with Crippen LogP contribution >= 0.6 is 34.2 Å². The summed E-state index contributed by atoms with van der Waals surface area (Å²) in [5, 5.41) is 8.38. The molecule has 0 unspecified atom stereocenters. The van der Waals surface area contributed by atoms with Crippen LogP contribution in [0.25, 0.3) is 0 Å². The maximum Gasteiger partial charge on any atom is 0.216 e. The average molecular weight is 392 g/mol. The summed E-state index contributed by atoms with van der Waals surface area (Å²) in [7, 11) is 3.52. The minimum Gasteiger partial charge on any atom is -0.481 e. The van der Waals surface area contributed by atoms with E-state index in [-0.39, 0.29) is 0 Å². The number of halogens is 2. The lowest BCUT2D eigenvalue weighted by Gasteiger charge is -2.10. The Morgan fingerprint density at radius 2 is 2.21 bits per heavy atom. The molecule has 0 aliphatic rings. The molecular weight excluding hydrogens is 377 g/mol. The van der Waals surface area contributed by atoms with Gasteiger partial charge in [0.05, 0.1) is 29.1 Å². The van der Waals surface area contributed by atoms with Crippen molar-refractivity contribution in [3.8, 4) is 5.88 Å². The molecule has 0 saturated carbocycles. The number of benzene rings is 1. The lowest BCUT2D eigenvalue weighted by Crippen LogP contribution is -2.03. The summed E-state index contributed by atoms with van der Waals surface area (Å²) in [4.78, 5) is 0. The van der Waals surface area contributed by atoms with E-state index in [0.717, 1.165) is 26.4 Å². The Morgan fingerprint density at radius 1 is 1.47 bits per heavy atom. The summed E-state index contributed by atoms with van der Waals surface area (Å²) in [6, 6.07) is 5.92. The number of nitrogens with zero attached hydrogens (tertiary/aromatic N) is 2. The minimum atomic E-state index is 0.628. The molecule has 1 aromatic carbocycles. The van der Waals surface area contributed by atoms with Gasteiger partial charge in [-0.1, -0.05) is 11.6 Å². The molecule has 2 aromatic rings. The van der Waals surface area contributed by atoms with E-state index in [1.807, 2.05) is 32.2 Å². The summed E-state index contributed by atoms with van der Waals surface area (Å²) in [6.07, 6.45) is 0. The van der Waals surface area contributed by atoms with Crippen LogP contribution in [0.15, 0.2) is 18.2 Å². The first-order valence-electron chi connectivity index (χ1n) is 5.78. The summed E-state index contributed by atoms with van der Waals surface area (Å²) in [5.74, 6) is 0.770. The molecule has 1 heterocycles. The fourth-order valence-electron chi connectivity index (χ4n) is 1.96. The number of nitrogens with one attached hydrogen (secondary N) is 1.